The zero-order valence-corrected chi connectivity index (χ0v) is 63.3. The van der Waals surface area contributed by atoms with Gasteiger partial charge in [-0.25, -0.2) is 24.3 Å². The summed E-state index contributed by atoms with van der Waals surface area (Å²) in [6.45, 7) is 21.5. The molecule has 2 aliphatic rings. The lowest BCUT2D eigenvalue weighted by Crippen LogP contribution is -2.31. The lowest BCUT2D eigenvalue weighted by molar-refractivity contribution is -0.286. The van der Waals surface area contributed by atoms with Crippen LogP contribution in [0.3, 0.4) is 0 Å². The molecule has 0 radical (unpaired) electrons. The lowest BCUT2D eigenvalue weighted by Gasteiger charge is -2.26. The number of piperidine rings is 1. The molecular weight excluding hydrogens is 1460 g/mol. The number of nitrogens with one attached hydrogen (secondary N) is 8. The van der Waals surface area contributed by atoms with Crippen molar-refractivity contribution < 1.29 is 27.4 Å². The van der Waals surface area contributed by atoms with Gasteiger partial charge in [-0.1, -0.05) is 85.5 Å². The second-order valence-corrected chi connectivity index (χ2v) is 29.9. The number of H-pyrrole nitrogens is 8. The van der Waals surface area contributed by atoms with Crippen molar-refractivity contribution in [2.24, 2.45) is 23.7 Å². The van der Waals surface area contributed by atoms with Gasteiger partial charge in [-0.15, -0.1) is 8.78 Å². The Labute approximate surface area is 633 Å². The second-order valence-electron chi connectivity index (χ2n) is 28.7. The highest BCUT2D eigenvalue weighted by molar-refractivity contribution is 9.10. The minimum Gasteiger partial charge on any atom is -0.494 e. The van der Waals surface area contributed by atoms with E-state index in [2.05, 4.69) is 205 Å². The summed E-state index contributed by atoms with van der Waals surface area (Å²) < 4.78 is 56.0. The van der Waals surface area contributed by atoms with Crippen LogP contribution in [0.25, 0.3) is 123 Å². The second kappa shape index (κ2) is 32.5. The van der Waals surface area contributed by atoms with Gasteiger partial charge in [0.05, 0.1) is 39.4 Å². The summed E-state index contributed by atoms with van der Waals surface area (Å²) in [7, 11) is 0. The highest BCUT2D eigenvalue weighted by atomic mass is 79.9. The molecule has 7 aromatic carbocycles. The van der Waals surface area contributed by atoms with Crippen molar-refractivity contribution in [3.63, 3.8) is 0 Å². The Morgan fingerprint density at radius 1 is 0.454 bits per heavy atom. The minimum atomic E-state index is -3.65. The number of fused-ring (bicyclic) bond motifs is 5. The van der Waals surface area contributed by atoms with Gasteiger partial charge in [-0.3, -0.25) is 40.8 Å². The van der Waals surface area contributed by atoms with E-state index in [0.717, 1.165) is 173 Å². The Hall–Kier alpha value is -11.1. The van der Waals surface area contributed by atoms with Gasteiger partial charge in [0, 0.05) is 92.7 Å². The summed E-state index contributed by atoms with van der Waals surface area (Å²) in [5.74, 6) is 8.71. The van der Waals surface area contributed by atoms with Gasteiger partial charge in [0.25, 0.3) is 0 Å². The number of aromatic amines is 8. The molecule has 10 heterocycles. The number of nitrogens with zero attached hydrogens (tertiary/aromatic N) is 13. The summed E-state index contributed by atoms with van der Waals surface area (Å²) in [6, 6.07) is 41.2. The minimum absolute atomic E-state index is 0.00214. The molecule has 0 saturated carbocycles. The van der Waals surface area contributed by atoms with Crippen LogP contribution in [0.5, 0.6) is 17.2 Å². The molecule has 8 N–H and O–H groups in total. The third-order valence-corrected chi connectivity index (χ3v) is 19.0. The third kappa shape index (κ3) is 17.6. The first-order chi connectivity index (χ1) is 52.2. The number of halogens is 5. The number of ether oxygens (including phenoxy) is 3. The third-order valence-electron chi connectivity index (χ3n) is 18.1. The number of alkyl halides is 2. The van der Waals surface area contributed by atoms with Crippen molar-refractivity contribution in [1.82, 2.24) is 106 Å². The van der Waals surface area contributed by atoms with Crippen molar-refractivity contribution in [1.29, 1.82) is 0 Å². The van der Waals surface area contributed by atoms with Gasteiger partial charge in [-0.05, 0) is 193 Å². The maximum absolute atomic E-state index is 13.5. The van der Waals surface area contributed by atoms with Crippen LogP contribution < -0.4 is 14.2 Å². The van der Waals surface area contributed by atoms with Gasteiger partial charge >= 0.3 is 6.29 Å². The van der Waals surface area contributed by atoms with Crippen LogP contribution in [0.15, 0.2) is 138 Å². The maximum atomic E-state index is 13.5. The zero-order valence-electron chi connectivity index (χ0n) is 60.9. The summed E-state index contributed by atoms with van der Waals surface area (Å²) in [4.78, 5) is 20.9. The number of hydrogen-bond acceptors (Lipinski definition) is 16. The van der Waals surface area contributed by atoms with E-state index in [1.807, 2.05) is 78.9 Å². The molecule has 0 unspecified atom stereocenters. The average Bonchev–Trinajstić information content (AvgIpc) is 1.62. The zero-order chi connectivity index (χ0) is 75.2. The van der Waals surface area contributed by atoms with Gasteiger partial charge < -0.3 is 19.1 Å². The number of likely N-dealkylation sites (tertiary alicyclic amines) is 1. The Morgan fingerprint density at radius 3 is 1.35 bits per heavy atom. The molecule has 0 amide bonds. The molecule has 0 atom stereocenters. The fourth-order valence-corrected chi connectivity index (χ4v) is 13.6. The van der Waals surface area contributed by atoms with E-state index in [0.29, 0.717) is 52.3 Å². The topological polar surface area (TPSA) is 312 Å². The van der Waals surface area contributed by atoms with Crippen molar-refractivity contribution in [2.45, 2.75) is 113 Å². The normalized spacial score (nSPS) is 13.5. The monoisotopic (exact) mass is 1540 g/mol. The molecule has 15 aromatic rings. The van der Waals surface area contributed by atoms with E-state index < -0.39 is 12.1 Å². The summed E-state index contributed by atoms with van der Waals surface area (Å²) in [5.41, 5.74) is 11.9. The molecule has 8 aromatic heterocycles. The van der Waals surface area contributed by atoms with E-state index >= 15 is 0 Å². The molecule has 29 heteroatoms. The molecular formula is C79H82BrClF3N21O3. The van der Waals surface area contributed by atoms with Crippen molar-refractivity contribution in [2.75, 3.05) is 26.2 Å². The Morgan fingerprint density at radius 2 is 0.880 bits per heavy atom. The predicted molar refractivity (Wildman–Crippen MR) is 416 cm³/mol. The number of hydrogen-bond donors (Lipinski definition) is 8. The first-order valence-electron chi connectivity index (χ1n) is 36.2. The molecule has 0 spiro atoms. The van der Waals surface area contributed by atoms with E-state index in [9.17, 15) is 13.2 Å². The molecule has 108 heavy (non-hydrogen) atoms. The van der Waals surface area contributed by atoms with Crippen LogP contribution in [0.2, 0.25) is 5.02 Å². The van der Waals surface area contributed by atoms with E-state index in [-0.39, 0.29) is 16.5 Å². The standard InChI is InChI=1S/C27H34N6O.C20H17F2N5O2.C19H17ClFN5.C13H14BrN5/c1-19(2)16-25-28-27(32-30-25)21-10-11-24-23(18-21)26(31-29-24)20-8-6-9-22(17-20)34-15-7-14-33-12-4-3-5-13-33;1-10(2)7-17-23-19(27-25-17)12-3-5-14-13(8-12)18(26-24-14)11-4-6-15-16(9-11)29-20(21,22)28-15;1-10(2)7-17-22-19(26-24-17)12-4-6-16-13(8-12)18(25-23-16)11-3-5-15(21)14(20)9-11;1-7(2)5-11-15-13(19-17-11)8-3-4-10-9(6-8)12(14)18-16-10/h6,8-11,17-19H,3-5,7,12-16H2,1-2H3,(H,29,31)(H,28,30,32);3-6,8-10H,7H2,1-2H3,(H,24,26)(H,23,25,27);3-6,8-10H,7H2,1-2H3,(H,23,25)(H,22,24,26);3-4,6-7H,5H2,1-2H3,(H,16,18)(H,15,17,19). The van der Waals surface area contributed by atoms with Crippen molar-refractivity contribution in [3.8, 4) is 96.6 Å². The summed E-state index contributed by atoms with van der Waals surface area (Å²) in [6.07, 6.45) is 4.89. The smallest absolute Gasteiger partial charge is 0.494 e. The number of benzene rings is 7. The molecule has 0 bridgehead atoms. The molecule has 1 saturated heterocycles. The molecule has 1 fully saturated rings. The number of aromatic nitrogens is 20. The van der Waals surface area contributed by atoms with E-state index in [1.165, 1.54) is 50.6 Å². The quantitative estimate of drug-likeness (QED) is 0.0329. The van der Waals surface area contributed by atoms with Crippen LogP contribution in [0, 0.1) is 29.5 Å². The first kappa shape index (κ1) is 73.8. The van der Waals surface area contributed by atoms with Crippen LogP contribution in [-0.2, 0) is 25.7 Å². The average molecular weight is 1550 g/mol. The molecule has 17 rings (SSSR count). The van der Waals surface area contributed by atoms with Crippen LogP contribution >= 0.6 is 27.5 Å². The Kier molecular flexibility index (Phi) is 22.2. The van der Waals surface area contributed by atoms with Gasteiger partial charge in [0.2, 0.25) is 0 Å². The number of rotatable bonds is 20. The summed E-state index contributed by atoms with van der Waals surface area (Å²) >= 11 is 9.36. The van der Waals surface area contributed by atoms with Crippen LogP contribution in [0.1, 0.15) is 104 Å². The highest BCUT2D eigenvalue weighted by Crippen LogP contribution is 2.44. The van der Waals surface area contributed by atoms with Crippen molar-refractivity contribution in [3.05, 3.63) is 172 Å². The van der Waals surface area contributed by atoms with Gasteiger partial charge in [-0.2, -0.15) is 40.8 Å². The van der Waals surface area contributed by atoms with Gasteiger partial charge in [0.15, 0.2) is 34.8 Å². The Bertz CT molecular complexity index is 5590. The van der Waals surface area contributed by atoms with Gasteiger partial charge in [0.1, 0.15) is 50.9 Å². The molecule has 556 valence electrons. The SMILES string of the molecule is CC(C)Cc1nc(-c2ccc3[nH]nc(-c4ccc(F)c(Cl)c4)c3c2)n[nH]1.CC(C)Cc1nc(-c2ccc3[nH]nc(-c4ccc5c(c4)OC(F)(F)O5)c3c2)n[nH]1.CC(C)Cc1nc(-c2ccc3[nH]nc(-c4cccc(OCCCN5CCCCC5)c4)c3c2)n[nH]1.CC(C)Cc1nc(-c2ccc3n[nH]c(Br)c3c2)n[nH]1. The van der Waals surface area contributed by atoms with Crippen LogP contribution in [0.4, 0.5) is 13.2 Å². The van der Waals surface area contributed by atoms with Crippen molar-refractivity contribution >= 4 is 71.1 Å². The molecule has 24 nitrogen and oxygen atoms in total. The van der Waals surface area contributed by atoms with Crippen LogP contribution in [-0.4, -0.2) is 139 Å². The molecule has 0 aliphatic carbocycles. The fourth-order valence-electron chi connectivity index (χ4n) is 13.0. The predicted octanol–water partition coefficient (Wildman–Crippen LogP) is 18.3. The summed E-state index contributed by atoms with van der Waals surface area (Å²) in [5, 5.41) is 62.8. The Balaban J connectivity index is 0.000000123. The highest BCUT2D eigenvalue weighted by Gasteiger charge is 2.43. The molecule has 2 aliphatic heterocycles. The first-order valence-corrected chi connectivity index (χ1v) is 37.4. The maximum Gasteiger partial charge on any atom is 0.586 e. The van der Waals surface area contributed by atoms with E-state index in [1.54, 1.807) is 18.2 Å². The largest absolute Gasteiger partial charge is 0.586 e. The fraction of sp³-hybridized carbons (Fsp3) is 0.316. The van der Waals surface area contributed by atoms with E-state index in [4.69, 9.17) is 16.3 Å². The lowest BCUT2D eigenvalue weighted by atomic mass is 10.0.